The lowest BCUT2D eigenvalue weighted by molar-refractivity contribution is 0.417. The molecule has 0 spiro atoms. The molecule has 0 aliphatic heterocycles. The first kappa shape index (κ1) is 18.0. The molecule has 0 bridgehead atoms. The summed E-state index contributed by atoms with van der Waals surface area (Å²) in [7, 11) is 0. The van der Waals surface area contributed by atoms with Crippen molar-refractivity contribution in [3.8, 4) is 0 Å². The minimum Gasteiger partial charge on any atom is -0.357 e. The molecule has 2 aliphatic carbocycles. The maximum atomic E-state index is 4.85. The fourth-order valence-electron chi connectivity index (χ4n) is 3.03. The summed E-state index contributed by atoms with van der Waals surface area (Å²) in [5.74, 6) is 3.82. The highest BCUT2D eigenvalue weighted by atomic mass is 127. The Hall–Kier alpha value is -0.300. The summed E-state index contributed by atoms with van der Waals surface area (Å²) < 4.78 is 0. The van der Waals surface area contributed by atoms with Gasteiger partial charge >= 0.3 is 0 Å². The van der Waals surface area contributed by atoms with E-state index in [1.54, 1.807) is 0 Å². The molecular weight excluding hydrogens is 405 g/mol. The van der Waals surface area contributed by atoms with Crippen LogP contribution in [0.25, 0.3) is 0 Å². The number of hydrogen-bond donors (Lipinski definition) is 2. The van der Waals surface area contributed by atoms with Gasteiger partial charge < -0.3 is 10.6 Å². The van der Waals surface area contributed by atoms with Crippen molar-refractivity contribution in [1.82, 2.24) is 10.6 Å². The summed E-state index contributed by atoms with van der Waals surface area (Å²) in [5, 5.41) is 9.00. The topological polar surface area (TPSA) is 36.4 Å². The van der Waals surface area contributed by atoms with Crippen molar-refractivity contribution >= 4 is 41.3 Å². The zero-order valence-corrected chi connectivity index (χ0v) is 16.5. The molecule has 1 heterocycles. The molecule has 2 fully saturated rings. The molecule has 2 saturated carbocycles. The predicted molar refractivity (Wildman–Crippen MR) is 106 cm³/mol. The highest BCUT2D eigenvalue weighted by Crippen LogP contribution is 2.49. The molecule has 124 valence electrons. The van der Waals surface area contributed by atoms with Crippen LogP contribution >= 0.6 is 35.3 Å². The maximum absolute atomic E-state index is 4.85. The monoisotopic (exact) mass is 433 g/mol. The molecule has 2 N–H and O–H groups in total. The zero-order valence-electron chi connectivity index (χ0n) is 13.4. The lowest BCUT2D eigenvalue weighted by atomic mass is 9.98. The molecule has 0 amide bonds. The molecule has 0 saturated heterocycles. The quantitative estimate of drug-likeness (QED) is 0.371. The number of nitrogens with zero attached hydrogens (tertiary/aromatic N) is 1. The average molecular weight is 433 g/mol. The van der Waals surface area contributed by atoms with Gasteiger partial charge in [0.05, 0.1) is 0 Å². The molecule has 0 atom stereocenters. The number of thiophene rings is 1. The average Bonchev–Trinajstić information content (AvgIpc) is 3.41. The molecule has 0 radical (unpaired) electrons. The minimum atomic E-state index is 0. The van der Waals surface area contributed by atoms with Crippen LogP contribution in [0, 0.1) is 17.8 Å². The van der Waals surface area contributed by atoms with Crippen LogP contribution < -0.4 is 10.6 Å². The minimum absolute atomic E-state index is 0. The van der Waals surface area contributed by atoms with Gasteiger partial charge in [0.15, 0.2) is 5.96 Å². The van der Waals surface area contributed by atoms with Gasteiger partial charge in [-0.2, -0.15) is 0 Å². The van der Waals surface area contributed by atoms with Gasteiger partial charge in [0.25, 0.3) is 0 Å². The molecule has 3 rings (SSSR count). The normalized spacial score (nSPS) is 18.2. The molecule has 2 aliphatic rings. The number of rotatable bonds is 8. The van der Waals surface area contributed by atoms with Gasteiger partial charge in [-0.25, -0.2) is 0 Å². The maximum Gasteiger partial charge on any atom is 0.191 e. The Balaban J connectivity index is 0.00000176. The van der Waals surface area contributed by atoms with E-state index in [1.165, 1.54) is 30.6 Å². The van der Waals surface area contributed by atoms with Crippen molar-refractivity contribution in [3.05, 3.63) is 22.4 Å². The van der Waals surface area contributed by atoms with E-state index in [-0.39, 0.29) is 24.0 Å². The van der Waals surface area contributed by atoms with Crippen LogP contribution in [0.2, 0.25) is 0 Å². The molecular formula is C17H28IN3S. The van der Waals surface area contributed by atoms with E-state index in [0.29, 0.717) is 0 Å². The predicted octanol–water partition coefficient (Wildman–Crippen LogP) is 3.90. The van der Waals surface area contributed by atoms with E-state index < -0.39 is 0 Å². The van der Waals surface area contributed by atoms with Gasteiger partial charge in [-0.15, -0.1) is 35.3 Å². The summed E-state index contributed by atoms with van der Waals surface area (Å²) in [6.07, 6.45) is 6.85. The molecule has 0 aromatic carbocycles. The molecule has 3 nitrogen and oxygen atoms in total. The van der Waals surface area contributed by atoms with Crippen molar-refractivity contribution in [2.45, 2.75) is 39.0 Å². The van der Waals surface area contributed by atoms with Crippen LogP contribution in [0.5, 0.6) is 0 Å². The van der Waals surface area contributed by atoms with Gasteiger partial charge in [0.2, 0.25) is 0 Å². The van der Waals surface area contributed by atoms with Crippen LogP contribution in [0.15, 0.2) is 22.5 Å². The first-order chi connectivity index (χ1) is 10.4. The van der Waals surface area contributed by atoms with Crippen LogP contribution in [-0.4, -0.2) is 25.6 Å². The van der Waals surface area contributed by atoms with E-state index >= 15 is 0 Å². The van der Waals surface area contributed by atoms with Crippen molar-refractivity contribution in [1.29, 1.82) is 0 Å². The Morgan fingerprint density at radius 3 is 2.55 bits per heavy atom. The zero-order chi connectivity index (χ0) is 14.5. The third kappa shape index (κ3) is 5.72. The second-order valence-corrected chi connectivity index (χ2v) is 7.35. The van der Waals surface area contributed by atoms with Gasteiger partial charge in [-0.1, -0.05) is 6.07 Å². The summed E-state index contributed by atoms with van der Waals surface area (Å²) in [6, 6.07) is 4.32. The van der Waals surface area contributed by atoms with Crippen LogP contribution in [0.4, 0.5) is 0 Å². The van der Waals surface area contributed by atoms with E-state index in [9.17, 15) is 0 Å². The number of halogens is 1. The van der Waals surface area contributed by atoms with Crippen molar-refractivity contribution in [2.24, 2.45) is 22.7 Å². The van der Waals surface area contributed by atoms with Crippen molar-refractivity contribution in [3.63, 3.8) is 0 Å². The van der Waals surface area contributed by atoms with Gasteiger partial charge in [-0.3, -0.25) is 4.99 Å². The fraction of sp³-hybridized carbons (Fsp3) is 0.706. The largest absolute Gasteiger partial charge is 0.357 e. The number of hydrogen-bond acceptors (Lipinski definition) is 2. The number of guanidine groups is 1. The molecule has 1 aromatic heterocycles. The Bertz CT molecular complexity index is 440. The third-order valence-electron chi connectivity index (χ3n) is 4.50. The number of nitrogens with one attached hydrogen (secondary N) is 2. The third-order valence-corrected chi connectivity index (χ3v) is 5.44. The fourth-order valence-corrected chi connectivity index (χ4v) is 3.74. The lowest BCUT2D eigenvalue weighted by Crippen LogP contribution is -2.38. The van der Waals surface area contributed by atoms with E-state index in [1.807, 2.05) is 11.3 Å². The van der Waals surface area contributed by atoms with Gasteiger partial charge in [0.1, 0.15) is 0 Å². The summed E-state index contributed by atoms with van der Waals surface area (Å²) >= 11 is 1.83. The van der Waals surface area contributed by atoms with Crippen molar-refractivity contribution < 1.29 is 0 Å². The second-order valence-electron chi connectivity index (χ2n) is 6.31. The molecule has 5 heteroatoms. The van der Waals surface area contributed by atoms with E-state index in [0.717, 1.165) is 49.8 Å². The first-order valence-electron chi connectivity index (χ1n) is 8.41. The first-order valence-corrected chi connectivity index (χ1v) is 9.29. The highest BCUT2D eigenvalue weighted by molar-refractivity contribution is 14.0. The number of aliphatic imine (C=N–C) groups is 1. The van der Waals surface area contributed by atoms with E-state index in [2.05, 4.69) is 35.1 Å². The van der Waals surface area contributed by atoms with E-state index in [4.69, 9.17) is 4.99 Å². The van der Waals surface area contributed by atoms with Crippen molar-refractivity contribution in [2.75, 3.05) is 19.6 Å². The Kier molecular flexibility index (Phi) is 7.47. The van der Waals surface area contributed by atoms with Crippen LogP contribution in [0.3, 0.4) is 0 Å². The van der Waals surface area contributed by atoms with Crippen LogP contribution in [0.1, 0.15) is 37.5 Å². The highest BCUT2D eigenvalue weighted by Gasteiger charge is 2.41. The lowest BCUT2D eigenvalue weighted by Gasteiger charge is -2.15. The smallest absolute Gasteiger partial charge is 0.191 e. The second kappa shape index (κ2) is 9.11. The summed E-state index contributed by atoms with van der Waals surface area (Å²) in [5.41, 5.74) is 0. The molecule has 0 unspecified atom stereocenters. The Morgan fingerprint density at radius 1 is 1.27 bits per heavy atom. The SMILES string of the molecule is CCNC(=NCC(C1CC1)C1CC1)NCCc1cccs1.I. The standard InChI is InChI=1S/C17H27N3S.HI/c1-2-18-17(19-10-9-15-4-3-11-21-15)20-12-16(13-5-6-13)14-7-8-14;/h3-4,11,13-14,16H,2,5-10,12H2,1H3,(H2,18,19,20);1H. The van der Waals surface area contributed by atoms with Crippen LogP contribution in [-0.2, 0) is 6.42 Å². The molecule has 1 aromatic rings. The molecule has 22 heavy (non-hydrogen) atoms. The van der Waals surface area contributed by atoms with Gasteiger partial charge in [0, 0.05) is 24.5 Å². The van der Waals surface area contributed by atoms with Gasteiger partial charge in [-0.05, 0) is 68.2 Å². The Labute approximate surface area is 155 Å². The Morgan fingerprint density at radius 2 is 2.00 bits per heavy atom. The summed E-state index contributed by atoms with van der Waals surface area (Å²) in [4.78, 5) is 6.29. The summed E-state index contributed by atoms with van der Waals surface area (Å²) in [6.45, 7) is 5.05.